The Morgan fingerprint density at radius 3 is 2.55 bits per heavy atom. The van der Waals surface area contributed by atoms with E-state index in [9.17, 15) is 14.4 Å². The number of amides is 2. The SMILES string of the molecule is CCCCNC(=O)[C@H]1C(=O)[C@H](C)N(Cc2ccccc2)C1=O. The fourth-order valence-electron chi connectivity index (χ4n) is 2.60. The van der Waals surface area contributed by atoms with E-state index in [-0.39, 0.29) is 5.78 Å². The number of carbonyl (C=O) groups is 3. The highest BCUT2D eigenvalue weighted by molar-refractivity contribution is 6.23. The fourth-order valence-corrected chi connectivity index (χ4v) is 2.60. The maximum Gasteiger partial charge on any atom is 0.243 e. The van der Waals surface area contributed by atoms with E-state index < -0.39 is 23.8 Å². The van der Waals surface area contributed by atoms with Crippen LogP contribution < -0.4 is 5.32 Å². The molecule has 1 N–H and O–H groups in total. The van der Waals surface area contributed by atoms with Gasteiger partial charge < -0.3 is 10.2 Å². The van der Waals surface area contributed by atoms with Crippen LogP contribution in [0.2, 0.25) is 0 Å². The van der Waals surface area contributed by atoms with Gasteiger partial charge in [0.05, 0.1) is 6.04 Å². The molecule has 0 spiro atoms. The van der Waals surface area contributed by atoms with Crippen LogP contribution in [0.5, 0.6) is 0 Å². The summed E-state index contributed by atoms with van der Waals surface area (Å²) in [6, 6.07) is 8.91. The monoisotopic (exact) mass is 302 g/mol. The van der Waals surface area contributed by atoms with Crippen molar-refractivity contribution in [2.75, 3.05) is 6.54 Å². The molecule has 2 amide bonds. The van der Waals surface area contributed by atoms with Crippen molar-refractivity contribution >= 4 is 17.6 Å². The zero-order valence-electron chi connectivity index (χ0n) is 13.0. The summed E-state index contributed by atoms with van der Waals surface area (Å²) in [5.74, 6) is -2.35. The van der Waals surface area contributed by atoms with Crippen LogP contribution in [0.15, 0.2) is 30.3 Å². The van der Waals surface area contributed by atoms with Gasteiger partial charge in [0.2, 0.25) is 11.8 Å². The number of likely N-dealkylation sites (tertiary alicyclic amines) is 1. The Morgan fingerprint density at radius 1 is 1.23 bits per heavy atom. The zero-order chi connectivity index (χ0) is 16.1. The highest BCUT2D eigenvalue weighted by Crippen LogP contribution is 2.23. The summed E-state index contributed by atoms with van der Waals surface area (Å²) in [4.78, 5) is 38.3. The predicted octanol–water partition coefficient (Wildman–Crippen LogP) is 1.52. The first-order valence-corrected chi connectivity index (χ1v) is 7.72. The van der Waals surface area contributed by atoms with Crippen molar-refractivity contribution in [3.63, 3.8) is 0 Å². The number of rotatable bonds is 6. The van der Waals surface area contributed by atoms with Crippen LogP contribution >= 0.6 is 0 Å². The van der Waals surface area contributed by atoms with Gasteiger partial charge in [0.15, 0.2) is 11.7 Å². The second kappa shape index (κ2) is 7.20. The van der Waals surface area contributed by atoms with Crippen molar-refractivity contribution in [2.24, 2.45) is 5.92 Å². The minimum Gasteiger partial charge on any atom is -0.355 e. The molecule has 5 nitrogen and oxygen atoms in total. The van der Waals surface area contributed by atoms with Crippen molar-refractivity contribution < 1.29 is 14.4 Å². The Kier molecular flexibility index (Phi) is 5.31. The quantitative estimate of drug-likeness (QED) is 0.640. The molecule has 1 aromatic rings. The standard InChI is InChI=1S/C17H22N2O3/c1-3-4-10-18-16(21)14-15(20)12(2)19(17(14)22)11-13-8-6-5-7-9-13/h5-9,12,14H,3-4,10-11H2,1-2H3,(H,18,21)/t12-,14+/m0/s1. The molecule has 118 valence electrons. The van der Waals surface area contributed by atoms with Crippen LogP contribution in [0.25, 0.3) is 0 Å². The van der Waals surface area contributed by atoms with Crippen molar-refractivity contribution in [3.05, 3.63) is 35.9 Å². The molecule has 0 saturated carbocycles. The summed E-state index contributed by atoms with van der Waals surface area (Å²) in [5, 5.41) is 2.68. The van der Waals surface area contributed by atoms with E-state index in [1.165, 1.54) is 4.90 Å². The molecule has 1 heterocycles. The lowest BCUT2D eigenvalue weighted by atomic mass is 10.0. The maximum atomic E-state index is 12.4. The molecule has 22 heavy (non-hydrogen) atoms. The van der Waals surface area contributed by atoms with E-state index in [2.05, 4.69) is 5.32 Å². The molecule has 0 radical (unpaired) electrons. The number of hydrogen-bond acceptors (Lipinski definition) is 3. The molecule has 0 aromatic heterocycles. The predicted molar refractivity (Wildman–Crippen MR) is 82.9 cm³/mol. The average molecular weight is 302 g/mol. The number of ketones is 1. The number of benzene rings is 1. The van der Waals surface area contributed by atoms with Crippen LogP contribution in [0.1, 0.15) is 32.3 Å². The number of nitrogens with zero attached hydrogens (tertiary/aromatic N) is 1. The van der Waals surface area contributed by atoms with Gasteiger partial charge in [-0.1, -0.05) is 43.7 Å². The Morgan fingerprint density at radius 2 is 1.91 bits per heavy atom. The zero-order valence-corrected chi connectivity index (χ0v) is 13.0. The number of nitrogens with one attached hydrogen (secondary N) is 1. The molecule has 1 saturated heterocycles. The topological polar surface area (TPSA) is 66.5 Å². The molecule has 2 rings (SSSR count). The molecule has 2 atom stereocenters. The van der Waals surface area contributed by atoms with Crippen LogP contribution in [0.3, 0.4) is 0 Å². The summed E-state index contributed by atoms with van der Waals surface area (Å²) in [7, 11) is 0. The van der Waals surface area contributed by atoms with Gasteiger partial charge in [-0.05, 0) is 18.9 Å². The van der Waals surface area contributed by atoms with E-state index in [1.807, 2.05) is 37.3 Å². The third kappa shape index (κ3) is 3.35. The number of hydrogen-bond donors (Lipinski definition) is 1. The highest BCUT2D eigenvalue weighted by Gasteiger charge is 2.48. The van der Waals surface area contributed by atoms with E-state index in [4.69, 9.17) is 0 Å². The molecule has 1 aliphatic rings. The van der Waals surface area contributed by atoms with Gasteiger partial charge >= 0.3 is 0 Å². The number of Topliss-reactive ketones (excluding diaryl/α,β-unsaturated/α-hetero) is 1. The number of carbonyl (C=O) groups excluding carboxylic acids is 3. The smallest absolute Gasteiger partial charge is 0.243 e. The second-order valence-corrected chi connectivity index (χ2v) is 5.61. The van der Waals surface area contributed by atoms with Crippen molar-refractivity contribution in [1.29, 1.82) is 0 Å². The van der Waals surface area contributed by atoms with E-state index in [0.29, 0.717) is 13.1 Å². The van der Waals surface area contributed by atoms with Gasteiger partial charge in [0, 0.05) is 13.1 Å². The Bertz CT molecular complexity index is 556. The van der Waals surface area contributed by atoms with Crippen LogP contribution in [0, 0.1) is 5.92 Å². The summed E-state index contributed by atoms with van der Waals surface area (Å²) in [5.41, 5.74) is 0.947. The molecule has 0 aliphatic carbocycles. The van der Waals surface area contributed by atoms with Gasteiger partial charge in [0.1, 0.15) is 0 Å². The summed E-state index contributed by atoms with van der Waals surface area (Å²) >= 11 is 0. The van der Waals surface area contributed by atoms with Crippen molar-refractivity contribution in [1.82, 2.24) is 10.2 Å². The van der Waals surface area contributed by atoms with Gasteiger partial charge in [-0.15, -0.1) is 0 Å². The lowest BCUT2D eigenvalue weighted by molar-refractivity contribution is -0.140. The third-order valence-corrected chi connectivity index (χ3v) is 3.98. The Balaban J connectivity index is 2.07. The molecule has 0 bridgehead atoms. The second-order valence-electron chi connectivity index (χ2n) is 5.61. The van der Waals surface area contributed by atoms with Gasteiger partial charge in [-0.2, -0.15) is 0 Å². The molecule has 1 aliphatic heterocycles. The number of unbranched alkanes of at least 4 members (excludes halogenated alkanes) is 1. The summed E-state index contributed by atoms with van der Waals surface area (Å²) in [6.45, 7) is 4.55. The maximum absolute atomic E-state index is 12.4. The summed E-state index contributed by atoms with van der Waals surface area (Å²) < 4.78 is 0. The molecule has 1 fully saturated rings. The highest BCUT2D eigenvalue weighted by atomic mass is 16.2. The van der Waals surface area contributed by atoms with E-state index in [1.54, 1.807) is 6.92 Å². The minimum atomic E-state index is -1.18. The van der Waals surface area contributed by atoms with Gasteiger partial charge in [-0.25, -0.2) is 0 Å². The first kappa shape index (κ1) is 16.2. The van der Waals surface area contributed by atoms with Crippen molar-refractivity contribution in [3.8, 4) is 0 Å². The minimum absolute atomic E-state index is 0.310. The largest absolute Gasteiger partial charge is 0.355 e. The molecular weight excluding hydrogens is 280 g/mol. The van der Waals surface area contributed by atoms with Gasteiger partial charge in [0.25, 0.3) is 0 Å². The summed E-state index contributed by atoms with van der Waals surface area (Å²) in [6.07, 6.45) is 1.79. The first-order valence-electron chi connectivity index (χ1n) is 7.72. The Hall–Kier alpha value is -2.17. The molecule has 5 heteroatoms. The van der Waals surface area contributed by atoms with E-state index in [0.717, 1.165) is 18.4 Å². The average Bonchev–Trinajstić information content (AvgIpc) is 2.72. The third-order valence-electron chi connectivity index (χ3n) is 3.98. The Labute approximate surface area is 130 Å². The molecular formula is C17H22N2O3. The normalized spacial score (nSPS) is 21.3. The van der Waals surface area contributed by atoms with Crippen LogP contribution in [-0.4, -0.2) is 35.1 Å². The first-order chi connectivity index (χ1) is 10.6. The molecule has 1 aromatic carbocycles. The fraction of sp³-hybridized carbons (Fsp3) is 0.471. The van der Waals surface area contributed by atoms with Crippen molar-refractivity contribution in [2.45, 2.75) is 39.3 Å². The lowest BCUT2D eigenvalue weighted by Gasteiger charge is -2.20. The van der Waals surface area contributed by atoms with E-state index >= 15 is 0 Å². The lowest BCUT2D eigenvalue weighted by Crippen LogP contribution is -2.38. The van der Waals surface area contributed by atoms with Crippen LogP contribution in [0.4, 0.5) is 0 Å². The van der Waals surface area contributed by atoms with Gasteiger partial charge in [-0.3, -0.25) is 14.4 Å². The molecule has 0 unspecified atom stereocenters. The van der Waals surface area contributed by atoms with Crippen LogP contribution in [-0.2, 0) is 20.9 Å².